The summed E-state index contributed by atoms with van der Waals surface area (Å²) in [4.78, 5) is 46.1. The first-order valence-electron chi connectivity index (χ1n) is 29.5. The standard InChI is InChI=1S/C58H113N3O6/c1-6-10-14-18-24-32-40-54(38-30-16-12-8-3)57(63)66-51-36-28-22-20-26-34-43-60(45-42-56(62)65-53-50-61-48-46-59(5)47-49-61)44-35-27-21-23-29-37-52-67-58(64)55(39-31-17-13-9-4)41-33-25-19-15-11-7-2/h54-55H,6-53H2,1-5H3. The maximum atomic E-state index is 13.1. The molecule has 0 aliphatic carbocycles. The van der Waals surface area contributed by atoms with Crippen LogP contribution < -0.4 is 0 Å². The van der Waals surface area contributed by atoms with Gasteiger partial charge in [0, 0.05) is 39.3 Å². The lowest BCUT2D eigenvalue weighted by Gasteiger charge is -2.32. The van der Waals surface area contributed by atoms with Crippen LogP contribution in [0.2, 0.25) is 0 Å². The quantitative estimate of drug-likeness (QED) is 0.0336. The molecule has 1 saturated heterocycles. The highest BCUT2D eigenvalue weighted by atomic mass is 16.5. The van der Waals surface area contributed by atoms with Crippen LogP contribution in [0.5, 0.6) is 0 Å². The summed E-state index contributed by atoms with van der Waals surface area (Å²) in [5.74, 6) is 0.200. The van der Waals surface area contributed by atoms with E-state index in [1.165, 1.54) is 141 Å². The summed E-state index contributed by atoms with van der Waals surface area (Å²) in [6.07, 6.45) is 42.8. The number of ether oxygens (including phenoxy) is 3. The number of hydrogen-bond acceptors (Lipinski definition) is 9. The first-order valence-corrected chi connectivity index (χ1v) is 29.5. The van der Waals surface area contributed by atoms with E-state index >= 15 is 0 Å². The van der Waals surface area contributed by atoms with Crippen molar-refractivity contribution in [2.24, 2.45) is 11.8 Å². The van der Waals surface area contributed by atoms with Crippen molar-refractivity contribution in [2.45, 2.75) is 265 Å². The number of carbonyl (C=O) groups is 3. The van der Waals surface area contributed by atoms with Gasteiger partial charge in [0.2, 0.25) is 0 Å². The Kier molecular flexibility index (Phi) is 45.3. The van der Waals surface area contributed by atoms with E-state index in [9.17, 15) is 14.4 Å². The van der Waals surface area contributed by atoms with Crippen LogP contribution in [0.3, 0.4) is 0 Å². The molecule has 2 unspecified atom stereocenters. The van der Waals surface area contributed by atoms with Crippen LogP contribution in [-0.2, 0) is 28.6 Å². The fraction of sp³-hybridized carbons (Fsp3) is 0.948. The smallest absolute Gasteiger partial charge is 0.308 e. The van der Waals surface area contributed by atoms with Crippen LogP contribution in [-0.4, -0.2) is 112 Å². The number of unbranched alkanes of at least 4 members (excludes halogenated alkanes) is 26. The van der Waals surface area contributed by atoms with Crippen molar-refractivity contribution in [1.82, 2.24) is 14.7 Å². The van der Waals surface area contributed by atoms with Crippen molar-refractivity contribution < 1.29 is 28.6 Å². The van der Waals surface area contributed by atoms with E-state index in [4.69, 9.17) is 14.2 Å². The molecule has 67 heavy (non-hydrogen) atoms. The average molecular weight is 949 g/mol. The SMILES string of the molecule is CCCCCCCCC(CCCCCC)C(=O)OCCCCCCCCN(CCCCCCCCOC(=O)C(CCCCCC)CCCCCCCC)CCC(=O)OCCN1CCN(C)CC1. The Labute approximate surface area is 416 Å². The van der Waals surface area contributed by atoms with Crippen molar-refractivity contribution in [3.63, 3.8) is 0 Å². The second-order valence-corrected chi connectivity index (χ2v) is 20.7. The number of piperazine rings is 1. The van der Waals surface area contributed by atoms with Crippen molar-refractivity contribution in [1.29, 1.82) is 0 Å². The Morgan fingerprint density at radius 2 is 0.746 bits per heavy atom. The molecule has 1 aliphatic rings. The minimum absolute atomic E-state index is 0.0531. The second-order valence-electron chi connectivity index (χ2n) is 20.7. The number of esters is 3. The summed E-state index contributed by atoms with van der Waals surface area (Å²) in [5.41, 5.74) is 0. The highest BCUT2D eigenvalue weighted by Gasteiger charge is 2.21. The topological polar surface area (TPSA) is 88.6 Å². The Bertz CT molecular complexity index is 1040. The van der Waals surface area contributed by atoms with Crippen LogP contribution in [0.25, 0.3) is 0 Å². The molecular formula is C58H113N3O6. The molecule has 1 fully saturated rings. The number of likely N-dealkylation sites (N-methyl/N-ethyl adjacent to an activating group) is 1. The van der Waals surface area contributed by atoms with Gasteiger partial charge >= 0.3 is 17.9 Å². The zero-order valence-corrected chi connectivity index (χ0v) is 45.4. The van der Waals surface area contributed by atoms with Gasteiger partial charge in [0.1, 0.15) is 6.61 Å². The summed E-state index contributed by atoms with van der Waals surface area (Å²) >= 11 is 0. The van der Waals surface area contributed by atoms with Crippen LogP contribution in [0.4, 0.5) is 0 Å². The molecule has 0 saturated carbocycles. The van der Waals surface area contributed by atoms with Gasteiger partial charge < -0.3 is 24.0 Å². The van der Waals surface area contributed by atoms with E-state index in [0.29, 0.717) is 26.2 Å². The van der Waals surface area contributed by atoms with Crippen molar-refractivity contribution in [2.75, 3.05) is 79.2 Å². The van der Waals surface area contributed by atoms with E-state index in [-0.39, 0.29) is 29.7 Å². The summed E-state index contributed by atoms with van der Waals surface area (Å²) < 4.78 is 17.4. The first kappa shape index (κ1) is 63.3. The molecule has 0 aromatic heterocycles. The molecule has 0 aromatic rings. The molecule has 0 amide bonds. The van der Waals surface area contributed by atoms with Gasteiger partial charge in [-0.05, 0) is 71.5 Å². The summed E-state index contributed by atoms with van der Waals surface area (Å²) in [6, 6.07) is 0. The van der Waals surface area contributed by atoms with Gasteiger partial charge in [-0.15, -0.1) is 0 Å². The Morgan fingerprint density at radius 1 is 0.403 bits per heavy atom. The largest absolute Gasteiger partial charge is 0.465 e. The number of nitrogens with zero attached hydrogens (tertiary/aromatic N) is 3. The fourth-order valence-electron chi connectivity index (χ4n) is 9.62. The van der Waals surface area contributed by atoms with Gasteiger partial charge in [-0.2, -0.15) is 0 Å². The summed E-state index contributed by atoms with van der Waals surface area (Å²) in [7, 11) is 2.16. The molecule has 0 spiro atoms. The minimum atomic E-state index is -0.0732. The monoisotopic (exact) mass is 948 g/mol. The normalized spacial score (nSPS) is 14.4. The Hall–Kier alpha value is -1.71. The minimum Gasteiger partial charge on any atom is -0.465 e. The van der Waals surface area contributed by atoms with Crippen molar-refractivity contribution in [3.8, 4) is 0 Å². The van der Waals surface area contributed by atoms with Gasteiger partial charge in [-0.1, -0.05) is 207 Å². The second kappa shape index (κ2) is 47.9. The van der Waals surface area contributed by atoms with Crippen LogP contribution in [0.1, 0.15) is 265 Å². The lowest BCUT2D eigenvalue weighted by molar-refractivity contribution is -0.150. The zero-order valence-electron chi connectivity index (χ0n) is 45.4. The van der Waals surface area contributed by atoms with E-state index in [2.05, 4.69) is 49.4 Å². The highest BCUT2D eigenvalue weighted by Crippen LogP contribution is 2.23. The van der Waals surface area contributed by atoms with E-state index in [1.807, 2.05) is 0 Å². The third-order valence-electron chi connectivity index (χ3n) is 14.4. The Balaban J connectivity index is 2.41. The molecule has 0 bridgehead atoms. The summed E-state index contributed by atoms with van der Waals surface area (Å²) in [5, 5.41) is 0. The molecule has 1 rings (SSSR count). The molecule has 0 N–H and O–H groups in total. The maximum Gasteiger partial charge on any atom is 0.308 e. The van der Waals surface area contributed by atoms with Gasteiger partial charge in [0.15, 0.2) is 0 Å². The van der Waals surface area contributed by atoms with Gasteiger partial charge in [-0.3, -0.25) is 19.3 Å². The lowest BCUT2D eigenvalue weighted by atomic mass is 9.94. The fourth-order valence-corrected chi connectivity index (χ4v) is 9.62. The first-order chi connectivity index (χ1) is 32.8. The third kappa shape index (κ3) is 39.7. The zero-order chi connectivity index (χ0) is 48.7. The Morgan fingerprint density at radius 3 is 1.15 bits per heavy atom. The van der Waals surface area contributed by atoms with E-state index < -0.39 is 0 Å². The maximum absolute atomic E-state index is 13.1. The molecular weight excluding hydrogens is 835 g/mol. The molecule has 9 heteroatoms. The highest BCUT2D eigenvalue weighted by molar-refractivity contribution is 5.72. The lowest BCUT2D eigenvalue weighted by Crippen LogP contribution is -2.45. The molecule has 9 nitrogen and oxygen atoms in total. The number of carbonyl (C=O) groups excluding carboxylic acids is 3. The molecule has 2 atom stereocenters. The predicted molar refractivity (Wildman–Crippen MR) is 284 cm³/mol. The van der Waals surface area contributed by atoms with Gasteiger partial charge in [0.25, 0.3) is 0 Å². The van der Waals surface area contributed by atoms with Crippen molar-refractivity contribution in [3.05, 3.63) is 0 Å². The van der Waals surface area contributed by atoms with Crippen LogP contribution in [0, 0.1) is 11.8 Å². The van der Waals surface area contributed by atoms with Gasteiger partial charge in [0.05, 0.1) is 31.5 Å². The van der Waals surface area contributed by atoms with E-state index in [1.54, 1.807) is 0 Å². The van der Waals surface area contributed by atoms with Crippen LogP contribution in [0.15, 0.2) is 0 Å². The number of hydrogen-bond donors (Lipinski definition) is 0. The number of rotatable bonds is 50. The van der Waals surface area contributed by atoms with E-state index in [0.717, 1.165) is 142 Å². The predicted octanol–water partition coefficient (Wildman–Crippen LogP) is 14.9. The molecule has 396 valence electrons. The van der Waals surface area contributed by atoms with Gasteiger partial charge in [-0.25, -0.2) is 0 Å². The summed E-state index contributed by atoms with van der Waals surface area (Å²) in [6.45, 7) is 18.5. The third-order valence-corrected chi connectivity index (χ3v) is 14.4. The molecule has 0 aromatic carbocycles. The average Bonchev–Trinajstić information content (AvgIpc) is 3.33. The molecule has 1 heterocycles. The van der Waals surface area contributed by atoms with Crippen molar-refractivity contribution >= 4 is 17.9 Å². The molecule has 1 aliphatic heterocycles. The molecule has 0 radical (unpaired) electrons. The van der Waals surface area contributed by atoms with Crippen LogP contribution >= 0.6 is 0 Å².